The molecule has 234 valence electrons. The predicted octanol–water partition coefficient (Wildman–Crippen LogP) is 4.31. The number of nitro groups is 1. The molecule has 2 aromatic heterocycles. The number of fused-ring (bicyclic) bond motifs is 1. The SMILES string of the molecule is CCOc1c(OC)cccc1[C@H]1C(C(=O)OCCOC)=C(C)N=c2s/c(=C/c3ccc(-c4cc([N+](=O)[O-])ccc4C)o3)c(=O)n21. The third-order valence-corrected chi connectivity index (χ3v) is 8.16. The minimum atomic E-state index is -0.935. The standard InChI is InChI=1S/C32H31N3O9S/c1-6-42-29-22(8-7-9-25(29)41-5)28-27(31(37)43-15-14-40-4)19(3)33-32-34(28)30(36)26(45-32)17-21-12-13-24(44-21)23-16-20(35(38)39)11-10-18(23)2/h7-13,16-17,28H,6,14-15H2,1-5H3/b26-17+/t28-/m0/s1. The Morgan fingerprint density at radius 3 is 2.67 bits per heavy atom. The molecule has 0 unspecified atom stereocenters. The molecule has 0 aliphatic carbocycles. The lowest BCUT2D eigenvalue weighted by Gasteiger charge is -2.27. The molecule has 0 fully saturated rings. The van der Waals surface area contributed by atoms with Gasteiger partial charge >= 0.3 is 5.97 Å². The number of hydrogen-bond acceptors (Lipinski definition) is 11. The molecule has 0 saturated heterocycles. The van der Waals surface area contributed by atoms with Gasteiger partial charge in [0.2, 0.25) is 0 Å². The van der Waals surface area contributed by atoms with Crippen LogP contribution in [0.2, 0.25) is 0 Å². The van der Waals surface area contributed by atoms with Gasteiger partial charge in [-0.15, -0.1) is 0 Å². The number of furan rings is 1. The number of hydrogen-bond donors (Lipinski definition) is 0. The zero-order valence-electron chi connectivity index (χ0n) is 25.3. The molecule has 13 heteroatoms. The number of thiazole rings is 1. The highest BCUT2D eigenvalue weighted by atomic mass is 32.1. The second-order valence-corrected chi connectivity index (χ2v) is 11.0. The maximum atomic E-state index is 14.1. The molecule has 5 rings (SSSR count). The summed E-state index contributed by atoms with van der Waals surface area (Å²) in [5, 5.41) is 11.3. The number of aryl methyl sites for hydroxylation is 1. The van der Waals surface area contributed by atoms with E-state index < -0.39 is 22.5 Å². The number of nitrogens with zero attached hydrogens (tertiary/aromatic N) is 3. The second-order valence-electron chi connectivity index (χ2n) is 9.98. The van der Waals surface area contributed by atoms with E-state index in [1.54, 1.807) is 49.4 Å². The summed E-state index contributed by atoms with van der Waals surface area (Å²) in [7, 11) is 3.02. The number of aromatic nitrogens is 1. The lowest BCUT2D eigenvalue weighted by Crippen LogP contribution is -2.40. The first-order valence-electron chi connectivity index (χ1n) is 14.0. The summed E-state index contributed by atoms with van der Waals surface area (Å²) in [6.45, 7) is 5.88. The van der Waals surface area contributed by atoms with Gasteiger partial charge in [-0.05, 0) is 44.5 Å². The summed E-state index contributed by atoms with van der Waals surface area (Å²) in [5.74, 6) is 0.979. The minimum Gasteiger partial charge on any atom is -0.493 e. The van der Waals surface area contributed by atoms with E-state index in [0.29, 0.717) is 55.8 Å². The summed E-state index contributed by atoms with van der Waals surface area (Å²) >= 11 is 1.14. The van der Waals surface area contributed by atoms with E-state index in [-0.39, 0.29) is 24.5 Å². The maximum Gasteiger partial charge on any atom is 0.338 e. The molecule has 0 radical (unpaired) electrons. The number of benzene rings is 2. The Labute approximate surface area is 261 Å². The van der Waals surface area contributed by atoms with Crippen LogP contribution < -0.4 is 24.4 Å². The smallest absolute Gasteiger partial charge is 0.338 e. The molecular weight excluding hydrogens is 602 g/mol. The molecule has 12 nitrogen and oxygen atoms in total. The van der Waals surface area contributed by atoms with Crippen molar-refractivity contribution in [3.63, 3.8) is 0 Å². The van der Waals surface area contributed by atoms with Gasteiger partial charge in [0.05, 0.1) is 41.0 Å². The van der Waals surface area contributed by atoms with Crippen molar-refractivity contribution < 1.29 is 33.1 Å². The number of para-hydroxylation sites is 1. The highest BCUT2D eigenvalue weighted by Crippen LogP contribution is 2.41. The van der Waals surface area contributed by atoms with Gasteiger partial charge in [0.25, 0.3) is 11.2 Å². The summed E-state index contributed by atoms with van der Waals surface area (Å²) in [6, 6.07) is 12.3. The van der Waals surface area contributed by atoms with E-state index in [4.69, 9.17) is 23.4 Å². The first-order chi connectivity index (χ1) is 21.7. The summed E-state index contributed by atoms with van der Waals surface area (Å²) < 4.78 is 29.9. The van der Waals surface area contributed by atoms with Crippen molar-refractivity contribution in [2.45, 2.75) is 26.8 Å². The van der Waals surface area contributed by atoms with Crippen LogP contribution >= 0.6 is 11.3 Å². The Bertz CT molecular complexity index is 1990. The third kappa shape index (κ3) is 6.17. The maximum absolute atomic E-state index is 14.1. The van der Waals surface area contributed by atoms with E-state index in [1.807, 2.05) is 13.8 Å². The Morgan fingerprint density at radius 1 is 1.16 bits per heavy atom. The lowest BCUT2D eigenvalue weighted by molar-refractivity contribution is -0.384. The highest BCUT2D eigenvalue weighted by molar-refractivity contribution is 7.07. The van der Waals surface area contributed by atoms with Gasteiger partial charge < -0.3 is 23.4 Å². The van der Waals surface area contributed by atoms with Crippen molar-refractivity contribution in [2.75, 3.05) is 34.0 Å². The summed E-state index contributed by atoms with van der Waals surface area (Å²) in [4.78, 5) is 43.5. The summed E-state index contributed by atoms with van der Waals surface area (Å²) in [5.41, 5.74) is 2.00. The van der Waals surface area contributed by atoms with Crippen LogP contribution in [0.1, 0.15) is 36.8 Å². The molecule has 1 aliphatic rings. The van der Waals surface area contributed by atoms with Crippen molar-refractivity contribution in [3.8, 4) is 22.8 Å². The highest BCUT2D eigenvalue weighted by Gasteiger charge is 2.36. The molecule has 0 amide bonds. The van der Waals surface area contributed by atoms with Gasteiger partial charge in [0.15, 0.2) is 16.3 Å². The number of methoxy groups -OCH3 is 2. The fourth-order valence-electron chi connectivity index (χ4n) is 5.07. The Kier molecular flexibility index (Phi) is 9.30. The average Bonchev–Trinajstić information content (AvgIpc) is 3.60. The Hall–Kier alpha value is -5.01. The van der Waals surface area contributed by atoms with Crippen molar-refractivity contribution in [1.29, 1.82) is 0 Å². The van der Waals surface area contributed by atoms with Gasteiger partial charge in [-0.3, -0.25) is 19.5 Å². The van der Waals surface area contributed by atoms with Crippen LogP contribution in [0.25, 0.3) is 17.4 Å². The van der Waals surface area contributed by atoms with E-state index in [2.05, 4.69) is 4.99 Å². The van der Waals surface area contributed by atoms with Crippen LogP contribution in [-0.4, -0.2) is 49.5 Å². The van der Waals surface area contributed by atoms with Crippen LogP contribution in [0.4, 0.5) is 5.69 Å². The van der Waals surface area contributed by atoms with Crippen LogP contribution in [0, 0.1) is 17.0 Å². The Morgan fingerprint density at radius 2 is 1.96 bits per heavy atom. The molecule has 0 bridgehead atoms. The van der Waals surface area contributed by atoms with E-state index in [0.717, 1.165) is 16.9 Å². The predicted molar refractivity (Wildman–Crippen MR) is 166 cm³/mol. The molecule has 2 aromatic carbocycles. The van der Waals surface area contributed by atoms with Crippen molar-refractivity contribution in [3.05, 3.63) is 106 Å². The molecule has 0 N–H and O–H groups in total. The van der Waals surface area contributed by atoms with Gasteiger partial charge in [-0.1, -0.05) is 29.5 Å². The number of allylic oxidation sites excluding steroid dienone is 1. The third-order valence-electron chi connectivity index (χ3n) is 7.17. The Balaban J connectivity index is 1.66. The zero-order chi connectivity index (χ0) is 32.2. The fraction of sp³-hybridized carbons (Fsp3) is 0.281. The largest absolute Gasteiger partial charge is 0.493 e. The van der Waals surface area contributed by atoms with Crippen LogP contribution in [0.3, 0.4) is 0 Å². The van der Waals surface area contributed by atoms with Gasteiger partial charge in [-0.25, -0.2) is 9.79 Å². The van der Waals surface area contributed by atoms with Crippen molar-refractivity contribution >= 4 is 29.1 Å². The average molecular weight is 634 g/mol. The molecule has 0 saturated carbocycles. The van der Waals surface area contributed by atoms with Crippen LogP contribution in [-0.2, 0) is 14.3 Å². The number of carbonyl (C=O) groups excluding carboxylic acids is 1. The number of ether oxygens (including phenoxy) is 4. The first kappa shape index (κ1) is 31.4. The molecule has 45 heavy (non-hydrogen) atoms. The molecule has 1 aliphatic heterocycles. The summed E-state index contributed by atoms with van der Waals surface area (Å²) in [6.07, 6.45) is 1.59. The van der Waals surface area contributed by atoms with Gasteiger partial charge in [0, 0.05) is 36.4 Å². The first-order valence-corrected chi connectivity index (χ1v) is 14.8. The second kappa shape index (κ2) is 13.3. The van der Waals surface area contributed by atoms with Crippen molar-refractivity contribution in [1.82, 2.24) is 4.57 Å². The molecule has 4 aromatic rings. The van der Waals surface area contributed by atoms with Crippen LogP contribution in [0.5, 0.6) is 11.5 Å². The molecular formula is C32H31N3O9S. The van der Waals surface area contributed by atoms with Gasteiger partial charge in [0.1, 0.15) is 24.2 Å². The number of nitro benzene ring substituents is 1. The van der Waals surface area contributed by atoms with E-state index >= 15 is 0 Å². The quantitative estimate of drug-likeness (QED) is 0.102. The zero-order valence-corrected chi connectivity index (χ0v) is 26.1. The number of carbonyl (C=O) groups is 1. The molecule has 3 heterocycles. The minimum absolute atomic E-state index is 0.0184. The molecule has 1 atom stereocenters. The lowest BCUT2D eigenvalue weighted by atomic mass is 9.94. The van der Waals surface area contributed by atoms with E-state index in [9.17, 15) is 19.7 Å². The molecule has 0 spiro atoms. The van der Waals surface area contributed by atoms with Crippen LogP contribution in [0.15, 0.2) is 74.0 Å². The van der Waals surface area contributed by atoms with Gasteiger partial charge in [-0.2, -0.15) is 0 Å². The normalized spacial score (nSPS) is 14.6. The topological polar surface area (TPSA) is 145 Å². The number of rotatable bonds is 11. The monoisotopic (exact) mass is 633 g/mol. The fourth-order valence-corrected chi connectivity index (χ4v) is 6.10. The van der Waals surface area contributed by atoms with Crippen molar-refractivity contribution in [2.24, 2.45) is 4.99 Å². The number of esters is 1. The number of non-ortho nitro benzene ring substituents is 1. The van der Waals surface area contributed by atoms with E-state index in [1.165, 1.54) is 30.9 Å².